The number of hydrogen-bond acceptors (Lipinski definition) is 19. The van der Waals surface area contributed by atoms with E-state index in [2.05, 4.69) is 35.2 Å². The van der Waals surface area contributed by atoms with Crippen LogP contribution in [0.15, 0.2) is 54.4 Å². The van der Waals surface area contributed by atoms with Gasteiger partial charge in [0.25, 0.3) is 5.56 Å². The van der Waals surface area contributed by atoms with Crippen LogP contribution >= 0.6 is 26.0 Å². The highest BCUT2D eigenvalue weighted by Crippen LogP contribution is 2.64. The molecule has 3 aliphatic rings. The predicted octanol–water partition coefficient (Wildman–Crippen LogP) is 4.67. The number of phosphoric acid groups is 1. The van der Waals surface area contributed by atoms with Crippen LogP contribution in [0.4, 0.5) is 10.2 Å². The number of ether oxygens (including phenoxy) is 2. The average molecular weight is 1000 g/mol. The summed E-state index contributed by atoms with van der Waals surface area (Å²) < 4.78 is 83.2. The minimum Gasteiger partial charge on any atom is -0.382 e. The van der Waals surface area contributed by atoms with Crippen LogP contribution in [0.25, 0.3) is 22.3 Å². The summed E-state index contributed by atoms with van der Waals surface area (Å²) in [4.78, 5) is 85.1. The van der Waals surface area contributed by atoms with Crippen LogP contribution in [0.3, 0.4) is 0 Å². The first-order chi connectivity index (χ1) is 32.4. The van der Waals surface area contributed by atoms with E-state index in [0.29, 0.717) is 24.0 Å². The van der Waals surface area contributed by atoms with Crippen molar-refractivity contribution in [2.75, 3.05) is 18.9 Å². The second kappa shape index (κ2) is 20.6. The number of amides is 1. The zero-order valence-corrected chi connectivity index (χ0v) is 39.9. The maximum Gasteiger partial charge on any atom is 0.472 e. The average Bonchev–Trinajstić information content (AvgIpc) is 4.09. The molecule has 0 saturated carbocycles. The number of phosphoric ester groups is 1. The summed E-state index contributed by atoms with van der Waals surface area (Å²) in [6, 6.07) is 6.09. The van der Waals surface area contributed by atoms with Gasteiger partial charge >= 0.3 is 14.6 Å². The third-order valence-corrected chi connectivity index (χ3v) is 16.5. The van der Waals surface area contributed by atoms with Crippen molar-refractivity contribution >= 4 is 71.6 Å². The zero-order chi connectivity index (χ0) is 48.5. The fraction of sp³-hybridized carbons (Fsp3) is 0.537. The Hall–Kier alpha value is -4.81. The number of fused-ring (bicyclic) bond motifs is 4. The van der Waals surface area contributed by atoms with E-state index in [0.717, 1.165) is 17.7 Å². The van der Waals surface area contributed by atoms with Crippen LogP contribution in [0.5, 0.6) is 0 Å². The fourth-order valence-corrected chi connectivity index (χ4v) is 12.5. The van der Waals surface area contributed by atoms with E-state index in [4.69, 9.17) is 33.3 Å². The number of alkyl halides is 1. The van der Waals surface area contributed by atoms with Crippen molar-refractivity contribution in [1.82, 2.24) is 44.4 Å². The Bertz CT molecular complexity index is 2820. The maximum absolute atomic E-state index is 16.5. The van der Waals surface area contributed by atoms with Crippen molar-refractivity contribution in [3.05, 3.63) is 71.1 Å². The molecular weight excluding hydrogens is 954 g/mol. The number of carbonyl (C=O) groups excluding carboxylic acids is 3. The summed E-state index contributed by atoms with van der Waals surface area (Å²) in [5.41, 5.74) is 7.17. The maximum atomic E-state index is 16.5. The Kier molecular flexibility index (Phi) is 15.1. The molecule has 2 unspecified atom stereocenters. The van der Waals surface area contributed by atoms with Gasteiger partial charge in [-0.3, -0.25) is 46.4 Å². The molecule has 1 amide bonds. The highest BCUT2D eigenvalue weighted by atomic mass is 32.7. The lowest BCUT2D eigenvalue weighted by Crippen LogP contribution is -2.44. The number of halogens is 1. The molecule has 27 heteroatoms. The second-order valence-electron chi connectivity index (χ2n) is 17.0. The molecule has 0 bridgehead atoms. The Morgan fingerprint density at radius 3 is 2.40 bits per heavy atom. The number of aromatic amines is 1. The van der Waals surface area contributed by atoms with Gasteiger partial charge in [0.05, 0.1) is 38.2 Å². The first kappa shape index (κ1) is 49.6. The van der Waals surface area contributed by atoms with Gasteiger partial charge in [-0.15, -0.1) is 0 Å². The molecule has 0 aliphatic carbocycles. The number of nitrogens with zero attached hydrogens (tertiary/aromatic N) is 7. The van der Waals surface area contributed by atoms with Crippen LogP contribution in [0, 0.1) is 11.8 Å². The van der Waals surface area contributed by atoms with Crippen LogP contribution < -0.4 is 16.6 Å². The van der Waals surface area contributed by atoms with Gasteiger partial charge in [0, 0.05) is 37.4 Å². The van der Waals surface area contributed by atoms with Gasteiger partial charge in [-0.2, -0.15) is 0 Å². The van der Waals surface area contributed by atoms with Crippen LogP contribution in [-0.2, 0) is 63.3 Å². The SMILES string of the molecule is CCCC(=O)C[C@H](C(=O)N[C@@H](C)C(=O)Cc1ccc(CSP2(=O)OC[C@H]3O[C@@H](n4cnc5c(N)ncnc54)[C@H](F)[C@@H]3OP(=O)(O)OC[C@H]3O[C@@H](n4cnc5c(=O)[nH]cnc54)C[C@@H]3O2)cc1)C(C)C. The number of nitrogens with one attached hydrogen (secondary N) is 2. The van der Waals surface area contributed by atoms with E-state index in [1.807, 2.05) is 20.8 Å². The Morgan fingerprint density at radius 1 is 0.941 bits per heavy atom. The smallest absolute Gasteiger partial charge is 0.382 e. The minimum absolute atomic E-state index is 0.000266. The lowest BCUT2D eigenvalue weighted by Gasteiger charge is -2.28. The summed E-state index contributed by atoms with van der Waals surface area (Å²) in [6.45, 7) is 1.55. The molecule has 7 heterocycles. The van der Waals surface area contributed by atoms with E-state index in [1.54, 1.807) is 31.2 Å². The molecule has 1 aromatic carbocycles. The van der Waals surface area contributed by atoms with Gasteiger partial charge in [-0.05, 0) is 41.8 Å². The first-order valence-electron chi connectivity index (χ1n) is 21.9. The van der Waals surface area contributed by atoms with Gasteiger partial charge < -0.3 is 30.4 Å². The van der Waals surface area contributed by atoms with Gasteiger partial charge in [-0.25, -0.2) is 38.4 Å². The molecule has 68 heavy (non-hydrogen) atoms. The Balaban J connectivity index is 1.00. The number of aromatic nitrogens is 8. The van der Waals surface area contributed by atoms with E-state index in [1.165, 1.54) is 28.1 Å². The lowest BCUT2D eigenvalue weighted by molar-refractivity contribution is -0.133. The number of ketones is 2. The van der Waals surface area contributed by atoms with Crippen molar-refractivity contribution in [3.63, 3.8) is 0 Å². The number of anilines is 1. The molecule has 8 rings (SSSR count). The molecule has 3 fully saturated rings. The molecule has 3 aliphatic heterocycles. The molecular formula is C41H51FN10O13P2S. The normalized spacial score (nSPS) is 28.7. The van der Waals surface area contributed by atoms with Crippen molar-refractivity contribution < 1.29 is 60.4 Å². The highest BCUT2D eigenvalue weighted by molar-refractivity contribution is 8.54. The number of nitrogen functional groups attached to an aromatic ring is 1. The topological polar surface area (TPSA) is 306 Å². The Labute approximate surface area is 391 Å². The molecule has 4 aromatic heterocycles. The summed E-state index contributed by atoms with van der Waals surface area (Å²) >= 11 is 0.795. The molecule has 3 saturated heterocycles. The van der Waals surface area contributed by atoms with Crippen molar-refractivity contribution in [2.24, 2.45) is 11.8 Å². The highest BCUT2D eigenvalue weighted by Gasteiger charge is 2.53. The number of carbonyl (C=O) groups is 3. The van der Waals surface area contributed by atoms with Gasteiger partial charge in [0.2, 0.25) is 5.91 Å². The quantitative estimate of drug-likeness (QED) is 0.104. The summed E-state index contributed by atoms with van der Waals surface area (Å²) in [5, 5.41) is 2.78. The number of imidazole rings is 2. The fourth-order valence-electron chi connectivity index (χ4n) is 8.14. The summed E-state index contributed by atoms with van der Waals surface area (Å²) in [7, 11) is -5.09. The van der Waals surface area contributed by atoms with Gasteiger partial charge in [0.15, 0.2) is 40.8 Å². The number of Topliss-reactive ketones (excluding diaryl/α,β-unsaturated/α-hetero) is 2. The van der Waals surface area contributed by atoms with Crippen molar-refractivity contribution in [3.8, 4) is 0 Å². The first-order valence-corrected chi connectivity index (χ1v) is 26.5. The largest absolute Gasteiger partial charge is 0.472 e. The Morgan fingerprint density at radius 2 is 1.65 bits per heavy atom. The number of rotatable bonds is 15. The standard InChI is InChI=1S/C41H51FN10O13P2S/c1-5-6-25(53)12-26(21(2)3)39(55)50-22(4)27(54)11-23-7-9-24(10-8-23)16-68-67(59)61-15-30-35(32(42)41(63-30)52-20-48-33-36(43)44-17-45-37(33)52)65-66(57,58)60-14-29-28(64-67)13-31(62-29)51-19-49-34-38(51)46-18-47-40(34)56/h7-10,17-22,26,28-32,35,41H,5-6,11-16H2,1-4H3,(H,50,55)(H,57,58)(H2,43,44,45)(H,46,47,56)/t22-,26-,28-,29+,30+,31+,32+,35+,41+,67?/m0/s1. The molecule has 5 N–H and O–H groups in total. The zero-order valence-electron chi connectivity index (χ0n) is 37.3. The third-order valence-electron chi connectivity index (χ3n) is 11.9. The number of hydrogen-bond donors (Lipinski definition) is 4. The van der Waals surface area contributed by atoms with E-state index in [9.17, 15) is 28.6 Å². The third kappa shape index (κ3) is 11.0. The predicted molar refractivity (Wildman–Crippen MR) is 241 cm³/mol. The second-order valence-corrected chi connectivity index (χ2v) is 22.5. The lowest BCUT2D eigenvalue weighted by atomic mass is 9.88. The monoisotopic (exact) mass is 1000 g/mol. The molecule has 366 valence electrons. The number of benzene rings is 1. The summed E-state index contributed by atoms with van der Waals surface area (Å²) in [6.07, 6.45) is -4.26. The molecule has 5 aromatic rings. The van der Waals surface area contributed by atoms with Crippen molar-refractivity contribution in [1.29, 1.82) is 0 Å². The van der Waals surface area contributed by atoms with Gasteiger partial charge in [0.1, 0.15) is 48.3 Å². The molecule has 11 atom stereocenters. The molecule has 0 radical (unpaired) electrons. The van der Waals surface area contributed by atoms with Crippen LogP contribution in [0.2, 0.25) is 0 Å². The van der Waals surface area contributed by atoms with E-state index in [-0.39, 0.29) is 76.6 Å². The number of nitrogens with two attached hydrogens (primary N) is 1. The van der Waals surface area contributed by atoms with Crippen LogP contribution in [0.1, 0.15) is 77.0 Å². The minimum atomic E-state index is -5.09. The van der Waals surface area contributed by atoms with Gasteiger partial charge in [-0.1, -0.05) is 45.0 Å². The van der Waals surface area contributed by atoms with Crippen molar-refractivity contribution in [2.45, 2.75) is 115 Å². The summed E-state index contributed by atoms with van der Waals surface area (Å²) in [5.74, 6) is -1.19. The van der Waals surface area contributed by atoms with E-state index >= 15 is 8.96 Å². The van der Waals surface area contributed by atoms with Crippen LogP contribution in [-0.4, -0.2) is 111 Å². The number of H-pyrrole nitrogens is 1. The molecule has 23 nitrogen and oxygen atoms in total. The molecule has 0 spiro atoms. The van der Waals surface area contributed by atoms with E-state index < -0.39 is 88.4 Å².